The molecule has 1 saturated heterocycles. The Kier molecular flexibility index (Phi) is 5.73. The van der Waals surface area contributed by atoms with Crippen LogP contribution in [-0.4, -0.2) is 52.4 Å². The van der Waals surface area contributed by atoms with Crippen molar-refractivity contribution in [2.75, 3.05) is 36.8 Å². The van der Waals surface area contributed by atoms with Crippen molar-refractivity contribution < 1.29 is 10.3 Å². The number of hydrogen-bond donors (Lipinski definition) is 1. The number of aromatic nitrogens is 2. The molecule has 1 amide bonds. The number of anilines is 2. The van der Waals surface area contributed by atoms with Crippen molar-refractivity contribution in [3.63, 3.8) is 0 Å². The van der Waals surface area contributed by atoms with Gasteiger partial charge in [-0.25, -0.2) is 9.97 Å². The molecule has 1 unspecified atom stereocenters. The fraction of sp³-hybridized carbons (Fsp3) is 0.500. The number of carbonyl (C=O) groups is 1. The molecule has 2 aromatic rings. The first-order valence-corrected chi connectivity index (χ1v) is 9.68. The maximum absolute atomic E-state index is 12.7. The molecule has 1 atom stereocenters. The second kappa shape index (κ2) is 8.01. The third kappa shape index (κ3) is 3.96. The zero-order valence-corrected chi connectivity index (χ0v) is 15.5. The molecule has 0 spiro atoms. The van der Waals surface area contributed by atoms with Gasteiger partial charge in [0.05, 0.1) is 5.69 Å². The van der Waals surface area contributed by atoms with Crippen molar-refractivity contribution in [1.29, 1.82) is 0 Å². The predicted molar refractivity (Wildman–Crippen MR) is 103 cm³/mol. The summed E-state index contributed by atoms with van der Waals surface area (Å²) in [7, 11) is 0. The average Bonchev–Trinajstić information content (AvgIpc) is 3.02. The van der Waals surface area contributed by atoms with E-state index in [0.717, 1.165) is 57.0 Å². The van der Waals surface area contributed by atoms with Gasteiger partial charge in [0.25, 0.3) is 0 Å². The molecule has 2 aromatic heterocycles. The lowest BCUT2D eigenvalue weighted by molar-refractivity contribution is -0.132. The Balaban J connectivity index is 0.00000196. The maximum atomic E-state index is 12.7. The van der Waals surface area contributed by atoms with Crippen LogP contribution in [0.15, 0.2) is 24.4 Å². The number of pyridine rings is 1. The van der Waals surface area contributed by atoms with Gasteiger partial charge in [0.1, 0.15) is 5.82 Å². The summed E-state index contributed by atoms with van der Waals surface area (Å²) in [6, 6.07) is 5.96. The Morgan fingerprint density at radius 2 is 2.08 bits per heavy atom. The fourth-order valence-electron chi connectivity index (χ4n) is 3.74. The molecule has 1 fully saturated rings. The standard InChI is InChI=1S/C18H23N5OS.H2O/c19-18-21-14-5-4-13(11-15(14)25-18)12-17(24)23-9-7-22(8-10-23)16-3-1-2-6-20-16;/h1-3,6,13H,4-5,7-12H2,(H2,19,21);1H2. The van der Waals surface area contributed by atoms with Gasteiger partial charge >= 0.3 is 0 Å². The molecule has 4 N–H and O–H groups in total. The predicted octanol–water partition coefficient (Wildman–Crippen LogP) is 1.14. The molecular weight excluding hydrogens is 350 g/mol. The van der Waals surface area contributed by atoms with Gasteiger partial charge in [0.2, 0.25) is 5.91 Å². The van der Waals surface area contributed by atoms with E-state index >= 15 is 0 Å². The van der Waals surface area contributed by atoms with Gasteiger partial charge in [-0.2, -0.15) is 0 Å². The smallest absolute Gasteiger partial charge is 0.222 e. The summed E-state index contributed by atoms with van der Waals surface area (Å²) >= 11 is 1.58. The van der Waals surface area contributed by atoms with Crippen LogP contribution >= 0.6 is 11.3 Å². The van der Waals surface area contributed by atoms with E-state index in [9.17, 15) is 4.79 Å². The van der Waals surface area contributed by atoms with Crippen LogP contribution in [0.25, 0.3) is 0 Å². The van der Waals surface area contributed by atoms with Crippen LogP contribution in [0.4, 0.5) is 10.9 Å². The van der Waals surface area contributed by atoms with Crippen molar-refractivity contribution in [2.24, 2.45) is 5.92 Å². The van der Waals surface area contributed by atoms with Gasteiger partial charge in [-0.3, -0.25) is 4.79 Å². The van der Waals surface area contributed by atoms with Gasteiger partial charge in [-0.15, -0.1) is 11.3 Å². The SMILES string of the molecule is Nc1nc2c(s1)CC(CC(=O)N1CCN(c3ccccn3)CC1)CC2.O. The molecule has 2 aliphatic rings. The number of carbonyl (C=O) groups excluding carboxylic acids is 1. The van der Waals surface area contributed by atoms with E-state index in [0.29, 0.717) is 17.5 Å². The highest BCUT2D eigenvalue weighted by atomic mass is 32.1. The number of hydrogen-bond acceptors (Lipinski definition) is 6. The number of aryl methyl sites for hydroxylation is 1. The minimum absolute atomic E-state index is 0. The van der Waals surface area contributed by atoms with E-state index in [1.807, 2.05) is 29.3 Å². The van der Waals surface area contributed by atoms with Gasteiger partial charge in [-0.05, 0) is 37.3 Å². The highest BCUT2D eigenvalue weighted by molar-refractivity contribution is 7.15. The minimum Gasteiger partial charge on any atom is -0.412 e. The Morgan fingerprint density at radius 1 is 1.27 bits per heavy atom. The minimum atomic E-state index is 0. The van der Waals surface area contributed by atoms with Crippen LogP contribution in [-0.2, 0) is 17.6 Å². The largest absolute Gasteiger partial charge is 0.412 e. The quantitative estimate of drug-likeness (QED) is 0.866. The summed E-state index contributed by atoms with van der Waals surface area (Å²) in [5, 5.41) is 0.655. The third-order valence-electron chi connectivity index (χ3n) is 5.13. The molecule has 26 heavy (non-hydrogen) atoms. The number of fused-ring (bicyclic) bond motifs is 1. The molecule has 0 saturated carbocycles. The van der Waals surface area contributed by atoms with E-state index in [4.69, 9.17) is 5.73 Å². The Bertz CT molecular complexity index is 743. The molecule has 1 aliphatic carbocycles. The number of nitrogens with two attached hydrogens (primary N) is 1. The second-order valence-corrected chi connectivity index (χ2v) is 7.91. The lowest BCUT2D eigenvalue weighted by atomic mass is 9.88. The molecule has 8 heteroatoms. The number of rotatable bonds is 3. The van der Waals surface area contributed by atoms with Crippen LogP contribution in [0.1, 0.15) is 23.4 Å². The summed E-state index contributed by atoms with van der Waals surface area (Å²) in [4.78, 5) is 27.0. The van der Waals surface area contributed by atoms with E-state index in [-0.39, 0.29) is 11.4 Å². The third-order valence-corrected chi connectivity index (χ3v) is 6.08. The molecule has 1 aliphatic heterocycles. The summed E-state index contributed by atoms with van der Waals surface area (Å²) in [5.74, 6) is 1.71. The van der Waals surface area contributed by atoms with E-state index < -0.39 is 0 Å². The number of amides is 1. The normalized spacial score (nSPS) is 19.6. The van der Waals surface area contributed by atoms with Crippen molar-refractivity contribution in [3.8, 4) is 0 Å². The summed E-state index contributed by atoms with van der Waals surface area (Å²) in [6.45, 7) is 3.26. The van der Waals surface area contributed by atoms with Gasteiger partial charge < -0.3 is 21.0 Å². The summed E-state index contributed by atoms with van der Waals surface area (Å²) < 4.78 is 0. The summed E-state index contributed by atoms with van der Waals surface area (Å²) in [5.41, 5.74) is 6.95. The molecule has 0 aromatic carbocycles. The number of nitrogens with zero attached hydrogens (tertiary/aromatic N) is 4. The van der Waals surface area contributed by atoms with E-state index in [1.165, 1.54) is 4.88 Å². The highest BCUT2D eigenvalue weighted by Gasteiger charge is 2.27. The first-order chi connectivity index (χ1) is 12.2. The molecular formula is C18H25N5O2S. The van der Waals surface area contributed by atoms with Crippen molar-refractivity contribution in [2.45, 2.75) is 25.7 Å². The molecule has 0 bridgehead atoms. The average molecular weight is 375 g/mol. The number of piperazine rings is 1. The lowest BCUT2D eigenvalue weighted by Crippen LogP contribution is -2.49. The topological polar surface area (TPSA) is 107 Å². The molecule has 0 radical (unpaired) electrons. The monoisotopic (exact) mass is 375 g/mol. The number of thiazole rings is 1. The zero-order valence-electron chi connectivity index (χ0n) is 14.7. The highest BCUT2D eigenvalue weighted by Crippen LogP contribution is 2.32. The van der Waals surface area contributed by atoms with E-state index in [2.05, 4.69) is 14.9 Å². The maximum Gasteiger partial charge on any atom is 0.222 e. The number of nitrogen functional groups attached to an aromatic ring is 1. The first kappa shape index (κ1) is 18.6. The van der Waals surface area contributed by atoms with Crippen LogP contribution in [0.5, 0.6) is 0 Å². The summed E-state index contributed by atoms with van der Waals surface area (Å²) in [6.07, 6.45) is 5.39. The first-order valence-electron chi connectivity index (χ1n) is 8.87. The molecule has 140 valence electrons. The zero-order chi connectivity index (χ0) is 17.2. The van der Waals surface area contributed by atoms with Crippen LogP contribution < -0.4 is 10.6 Å². The van der Waals surface area contributed by atoms with Gasteiger partial charge in [0, 0.05) is 43.7 Å². The van der Waals surface area contributed by atoms with Gasteiger partial charge in [0.15, 0.2) is 5.13 Å². The Hall–Kier alpha value is -2.19. The van der Waals surface area contributed by atoms with Crippen molar-refractivity contribution in [1.82, 2.24) is 14.9 Å². The lowest BCUT2D eigenvalue weighted by Gasteiger charge is -2.36. The Labute approximate surface area is 157 Å². The Morgan fingerprint density at radius 3 is 2.81 bits per heavy atom. The van der Waals surface area contributed by atoms with Crippen molar-refractivity contribution in [3.05, 3.63) is 35.0 Å². The van der Waals surface area contributed by atoms with Gasteiger partial charge in [-0.1, -0.05) is 6.07 Å². The van der Waals surface area contributed by atoms with Crippen LogP contribution in [0.2, 0.25) is 0 Å². The molecule has 4 rings (SSSR count). The van der Waals surface area contributed by atoms with Crippen molar-refractivity contribution >= 4 is 28.2 Å². The van der Waals surface area contributed by atoms with E-state index in [1.54, 1.807) is 11.3 Å². The van der Waals surface area contributed by atoms with Crippen LogP contribution in [0.3, 0.4) is 0 Å². The molecule has 7 nitrogen and oxygen atoms in total. The second-order valence-electron chi connectivity index (χ2n) is 6.79. The van der Waals surface area contributed by atoms with Crippen LogP contribution in [0, 0.1) is 5.92 Å². The fourth-order valence-corrected chi connectivity index (χ4v) is 4.73. The molecule has 3 heterocycles.